The average molecular weight is 481 g/mol. The van der Waals surface area contributed by atoms with Gasteiger partial charge in [-0.25, -0.2) is 9.07 Å². The molecule has 0 bridgehead atoms. The minimum Gasteiger partial charge on any atom is -0.496 e. The fourth-order valence-corrected chi connectivity index (χ4v) is 3.96. The largest absolute Gasteiger partial charge is 0.496 e. The van der Waals surface area contributed by atoms with Crippen LogP contribution in [-0.2, 0) is 7.05 Å². The number of methoxy groups -OCH3 is 1. The van der Waals surface area contributed by atoms with Crippen LogP contribution in [0.5, 0.6) is 5.75 Å². The van der Waals surface area contributed by atoms with Crippen LogP contribution in [0.15, 0.2) is 42.5 Å². The van der Waals surface area contributed by atoms with E-state index < -0.39 is 0 Å². The summed E-state index contributed by atoms with van der Waals surface area (Å²) in [7, 11) is 3.49. The molecule has 0 aliphatic heterocycles. The molecule has 0 N–H and O–H groups in total. The minimum absolute atomic E-state index is 0. The molecule has 0 unspecified atom stereocenters. The number of halogens is 3. The van der Waals surface area contributed by atoms with Gasteiger partial charge in [0.2, 0.25) is 5.95 Å². The highest BCUT2D eigenvalue weighted by Crippen LogP contribution is 2.34. The zero-order valence-corrected chi connectivity index (χ0v) is 20.6. The Bertz CT molecular complexity index is 994. The van der Waals surface area contributed by atoms with Crippen molar-refractivity contribution in [1.29, 1.82) is 0 Å². The van der Waals surface area contributed by atoms with E-state index in [-0.39, 0.29) is 24.3 Å². The van der Waals surface area contributed by atoms with Gasteiger partial charge in [0.1, 0.15) is 11.6 Å². The van der Waals surface area contributed by atoms with Gasteiger partial charge in [0.25, 0.3) is 0 Å². The summed E-state index contributed by atoms with van der Waals surface area (Å²) in [5.74, 6) is 1.78. The third-order valence-electron chi connectivity index (χ3n) is 5.34. The Morgan fingerprint density at radius 2 is 1.84 bits per heavy atom. The molecule has 8 heteroatoms. The summed E-state index contributed by atoms with van der Waals surface area (Å²) in [4.78, 5) is 7.12. The molecule has 0 saturated heterocycles. The molecule has 1 heterocycles. The van der Waals surface area contributed by atoms with Gasteiger partial charge in [-0.15, -0.1) is 17.5 Å². The maximum atomic E-state index is 13.6. The fraction of sp³-hybridized carbons (Fsp3) is 0.417. The molecule has 2 aromatic carbocycles. The summed E-state index contributed by atoms with van der Waals surface area (Å²) in [6.45, 7) is 5.11. The van der Waals surface area contributed by atoms with Gasteiger partial charge >= 0.3 is 0 Å². The Morgan fingerprint density at radius 3 is 2.47 bits per heavy atom. The first-order valence-corrected chi connectivity index (χ1v) is 11.1. The Hall–Kier alpha value is -2.31. The van der Waals surface area contributed by atoms with Crippen molar-refractivity contribution in [2.75, 3.05) is 18.6 Å². The molecular formula is C24H31Cl2FN4O. The average Bonchev–Trinajstić information content (AvgIpc) is 3.15. The number of aryl methyl sites for hydroxylation is 1. The van der Waals surface area contributed by atoms with E-state index in [1.807, 2.05) is 31.3 Å². The lowest BCUT2D eigenvalue weighted by Crippen LogP contribution is -2.30. The first-order valence-electron chi connectivity index (χ1n) is 10.8. The quantitative estimate of drug-likeness (QED) is 0.318. The van der Waals surface area contributed by atoms with Crippen LogP contribution in [0.25, 0.3) is 11.4 Å². The highest BCUT2D eigenvalue weighted by Gasteiger charge is 2.25. The van der Waals surface area contributed by atoms with Crippen molar-refractivity contribution in [3.8, 4) is 17.1 Å². The van der Waals surface area contributed by atoms with E-state index in [0.29, 0.717) is 22.5 Å². The Morgan fingerprint density at radius 1 is 1.12 bits per heavy atom. The van der Waals surface area contributed by atoms with Crippen molar-refractivity contribution < 1.29 is 9.13 Å². The molecule has 3 rings (SSSR count). The van der Waals surface area contributed by atoms with Crippen LogP contribution in [0, 0.1) is 5.82 Å². The molecule has 3 aromatic rings. The topological polar surface area (TPSA) is 43.2 Å². The smallest absolute Gasteiger partial charge is 0.245 e. The zero-order valence-electron chi connectivity index (χ0n) is 19.0. The second kappa shape index (κ2) is 12.1. The second-order valence-electron chi connectivity index (χ2n) is 7.61. The third-order valence-corrected chi connectivity index (χ3v) is 5.57. The van der Waals surface area contributed by atoms with E-state index in [1.54, 1.807) is 17.9 Å². The van der Waals surface area contributed by atoms with E-state index in [0.717, 1.165) is 43.4 Å². The predicted octanol–water partition coefficient (Wildman–Crippen LogP) is 6.85. The van der Waals surface area contributed by atoms with Crippen molar-refractivity contribution in [2.24, 2.45) is 7.05 Å². The molecule has 0 aliphatic rings. The lowest BCUT2D eigenvalue weighted by Gasteiger charge is -2.31. The highest BCUT2D eigenvalue weighted by molar-refractivity contribution is 6.30. The van der Waals surface area contributed by atoms with E-state index in [4.69, 9.17) is 26.4 Å². The highest BCUT2D eigenvalue weighted by atomic mass is 35.5. The molecule has 32 heavy (non-hydrogen) atoms. The van der Waals surface area contributed by atoms with E-state index in [2.05, 4.69) is 18.7 Å². The number of nitrogens with zero attached hydrogens (tertiary/aromatic N) is 4. The second-order valence-corrected chi connectivity index (χ2v) is 8.04. The zero-order chi connectivity index (χ0) is 22.4. The Kier molecular flexibility index (Phi) is 9.79. The molecule has 1 aromatic heterocycles. The van der Waals surface area contributed by atoms with Crippen LogP contribution in [-0.4, -0.2) is 28.4 Å². The van der Waals surface area contributed by atoms with Crippen LogP contribution in [0.2, 0.25) is 5.02 Å². The van der Waals surface area contributed by atoms with Crippen LogP contribution in [0.4, 0.5) is 10.3 Å². The minimum atomic E-state index is -0.229. The number of hydrogen-bond acceptors (Lipinski definition) is 4. The van der Waals surface area contributed by atoms with Crippen molar-refractivity contribution in [2.45, 2.75) is 45.6 Å². The van der Waals surface area contributed by atoms with Crippen LogP contribution >= 0.6 is 24.0 Å². The van der Waals surface area contributed by atoms with E-state index in [1.165, 1.54) is 12.1 Å². The summed E-state index contributed by atoms with van der Waals surface area (Å²) in [6.07, 6.45) is 4.04. The van der Waals surface area contributed by atoms with Gasteiger partial charge in [-0.3, -0.25) is 0 Å². The monoisotopic (exact) mass is 480 g/mol. The number of rotatable bonds is 10. The summed E-state index contributed by atoms with van der Waals surface area (Å²) in [6, 6.07) is 12.3. The van der Waals surface area contributed by atoms with Crippen LogP contribution in [0.1, 0.15) is 51.1 Å². The van der Waals surface area contributed by atoms with Crippen molar-refractivity contribution >= 4 is 30.0 Å². The third kappa shape index (κ3) is 5.93. The first kappa shape index (κ1) is 25.9. The molecular weight excluding hydrogens is 450 g/mol. The number of anilines is 1. The number of hydrogen-bond donors (Lipinski definition) is 0. The number of aromatic nitrogens is 3. The molecule has 0 amide bonds. The summed E-state index contributed by atoms with van der Waals surface area (Å²) in [5.41, 5.74) is 1.90. The first-order chi connectivity index (χ1) is 15.0. The van der Waals surface area contributed by atoms with Gasteiger partial charge in [0.05, 0.1) is 18.7 Å². The molecule has 5 nitrogen and oxygen atoms in total. The van der Waals surface area contributed by atoms with E-state index >= 15 is 0 Å². The molecule has 0 saturated carbocycles. The summed E-state index contributed by atoms with van der Waals surface area (Å²) >= 11 is 6.13. The number of ether oxygens (including phenoxy) is 1. The SMILES string of the molecule is CCCC[C@H](c1ccc(F)cc1)N(CCC)c1nc(-c2ccc(Cl)cc2OC)n(C)n1.Cl. The fourth-order valence-electron chi connectivity index (χ4n) is 3.80. The van der Waals surface area contributed by atoms with Crippen molar-refractivity contribution in [1.82, 2.24) is 14.8 Å². The van der Waals surface area contributed by atoms with Gasteiger partial charge in [-0.05, 0) is 48.7 Å². The number of benzene rings is 2. The van der Waals surface area contributed by atoms with Gasteiger partial charge in [-0.1, -0.05) is 50.4 Å². The molecule has 0 aliphatic carbocycles. The van der Waals surface area contributed by atoms with Gasteiger partial charge in [0.15, 0.2) is 5.82 Å². The lowest BCUT2D eigenvalue weighted by atomic mass is 9.99. The molecule has 0 spiro atoms. The molecule has 174 valence electrons. The van der Waals surface area contributed by atoms with Gasteiger partial charge < -0.3 is 9.64 Å². The van der Waals surface area contributed by atoms with Gasteiger partial charge in [0, 0.05) is 18.6 Å². The predicted molar refractivity (Wildman–Crippen MR) is 132 cm³/mol. The Balaban J connectivity index is 0.00000363. The molecule has 0 fully saturated rings. The van der Waals surface area contributed by atoms with Crippen LogP contribution < -0.4 is 9.64 Å². The normalized spacial score (nSPS) is 11.7. The summed E-state index contributed by atoms with van der Waals surface area (Å²) < 4.78 is 20.8. The molecule has 1 atom stereocenters. The van der Waals surface area contributed by atoms with E-state index in [9.17, 15) is 4.39 Å². The maximum absolute atomic E-state index is 13.6. The summed E-state index contributed by atoms with van der Waals surface area (Å²) in [5, 5.41) is 5.35. The van der Waals surface area contributed by atoms with Gasteiger partial charge in [-0.2, -0.15) is 4.98 Å². The number of unbranched alkanes of at least 4 members (excludes halogenated alkanes) is 1. The van der Waals surface area contributed by atoms with Crippen LogP contribution in [0.3, 0.4) is 0 Å². The molecule has 0 radical (unpaired) electrons. The lowest BCUT2D eigenvalue weighted by molar-refractivity contribution is 0.416. The maximum Gasteiger partial charge on any atom is 0.245 e. The Labute approximate surface area is 201 Å². The van der Waals surface area contributed by atoms with Crippen molar-refractivity contribution in [3.63, 3.8) is 0 Å². The van der Waals surface area contributed by atoms with Crippen molar-refractivity contribution in [3.05, 3.63) is 58.9 Å². The standard InChI is InChI=1S/C24H30ClFN4O.ClH/c1-5-7-8-21(17-9-12-19(26)13-10-17)30(15-6-2)24-27-23(29(3)28-24)20-14-11-18(25)16-22(20)31-4;/h9-14,16,21H,5-8,15H2,1-4H3;1H/t21-;/m1./s1.